The Kier molecular flexibility index (Phi) is 11.6. The minimum atomic E-state index is -3.53. The van der Waals surface area contributed by atoms with Gasteiger partial charge in [-0.3, -0.25) is 4.39 Å². The van der Waals surface area contributed by atoms with Gasteiger partial charge in [-0.05, 0) is 37.7 Å². The zero-order valence-corrected chi connectivity index (χ0v) is 16.5. The van der Waals surface area contributed by atoms with E-state index < -0.39 is 27.2 Å². The SMILES string of the molecule is C=CCCCC(OC[SiH](C)C)(C(=C)CCC)C(F)(F)OCCCF. The monoisotopic (exact) mass is 366 g/mol. The molecule has 0 N–H and O–H groups in total. The molecule has 0 aromatic carbocycles. The zero-order chi connectivity index (χ0) is 18.6. The number of alkyl halides is 3. The van der Waals surface area contributed by atoms with E-state index in [-0.39, 0.29) is 19.4 Å². The molecule has 0 saturated heterocycles. The summed E-state index contributed by atoms with van der Waals surface area (Å²) in [7, 11) is -1.21. The number of ether oxygens (including phenoxy) is 2. The van der Waals surface area contributed by atoms with Crippen molar-refractivity contribution in [3.8, 4) is 0 Å². The maximum Gasteiger partial charge on any atom is 0.388 e. The fraction of sp³-hybridized carbons (Fsp3) is 0.778. The Morgan fingerprint density at radius 3 is 2.38 bits per heavy atom. The zero-order valence-electron chi connectivity index (χ0n) is 15.4. The third-order valence-electron chi connectivity index (χ3n) is 3.75. The summed E-state index contributed by atoms with van der Waals surface area (Å²) < 4.78 is 52.8. The van der Waals surface area contributed by atoms with Gasteiger partial charge >= 0.3 is 6.11 Å². The smallest absolute Gasteiger partial charge is 0.365 e. The lowest BCUT2D eigenvalue weighted by atomic mass is 9.85. The predicted molar refractivity (Wildman–Crippen MR) is 97.1 cm³/mol. The van der Waals surface area contributed by atoms with Gasteiger partial charge in [-0.15, -0.1) is 6.58 Å². The van der Waals surface area contributed by atoms with Crippen molar-refractivity contribution in [2.24, 2.45) is 0 Å². The second kappa shape index (κ2) is 11.9. The van der Waals surface area contributed by atoms with Crippen molar-refractivity contribution in [2.45, 2.75) is 70.3 Å². The molecule has 0 aromatic heterocycles. The van der Waals surface area contributed by atoms with Crippen LogP contribution in [0.15, 0.2) is 24.8 Å². The summed E-state index contributed by atoms with van der Waals surface area (Å²) >= 11 is 0. The molecule has 2 nitrogen and oxygen atoms in total. The summed E-state index contributed by atoms with van der Waals surface area (Å²) in [6, 6.07) is 0. The normalized spacial score (nSPS) is 14.6. The van der Waals surface area contributed by atoms with Crippen LogP contribution in [0, 0.1) is 0 Å². The van der Waals surface area contributed by atoms with E-state index in [2.05, 4.69) is 13.2 Å². The first kappa shape index (κ1) is 23.4. The third-order valence-corrected chi connectivity index (χ3v) is 4.59. The van der Waals surface area contributed by atoms with Crippen LogP contribution in [0.1, 0.15) is 45.4 Å². The topological polar surface area (TPSA) is 18.5 Å². The van der Waals surface area contributed by atoms with Gasteiger partial charge in [0.2, 0.25) is 0 Å². The molecule has 0 amide bonds. The highest BCUT2D eigenvalue weighted by Gasteiger charge is 2.57. The molecular formula is C18H33F3O2Si. The van der Waals surface area contributed by atoms with Crippen LogP contribution in [-0.4, -0.2) is 40.0 Å². The highest BCUT2D eigenvalue weighted by Crippen LogP contribution is 2.44. The Labute approximate surface area is 146 Å². The standard InChI is InChI=1S/C18H33F3O2Si/c1-6-8-9-12-17(16(3)11-7-2,23-15-24(4)5)18(20,21)22-14-10-13-19/h6,24H,1,3,7-15H2,2,4-5H3. The second-order valence-corrected chi connectivity index (χ2v) is 9.60. The average molecular weight is 367 g/mol. The predicted octanol–water partition coefficient (Wildman–Crippen LogP) is 5.45. The summed E-state index contributed by atoms with van der Waals surface area (Å²) in [5.74, 6) is 0. The van der Waals surface area contributed by atoms with Gasteiger partial charge in [0.25, 0.3) is 0 Å². The second-order valence-electron chi connectivity index (χ2n) is 6.47. The van der Waals surface area contributed by atoms with Crippen LogP contribution in [0.3, 0.4) is 0 Å². The van der Waals surface area contributed by atoms with Gasteiger partial charge in [0.05, 0.1) is 22.1 Å². The number of hydrogen-bond donors (Lipinski definition) is 0. The molecule has 0 saturated carbocycles. The molecule has 0 aliphatic carbocycles. The minimum absolute atomic E-state index is 0.0580. The largest absolute Gasteiger partial charge is 0.388 e. The van der Waals surface area contributed by atoms with Crippen LogP contribution in [0.5, 0.6) is 0 Å². The molecule has 0 heterocycles. The summed E-state index contributed by atoms with van der Waals surface area (Å²) in [5.41, 5.74) is -1.49. The van der Waals surface area contributed by atoms with E-state index in [1.54, 1.807) is 6.08 Å². The number of rotatable bonds is 15. The molecule has 0 aromatic rings. The molecule has 0 bridgehead atoms. The highest BCUT2D eigenvalue weighted by molar-refractivity contribution is 6.55. The van der Waals surface area contributed by atoms with Crippen molar-refractivity contribution in [2.75, 3.05) is 19.5 Å². The van der Waals surface area contributed by atoms with Gasteiger partial charge in [0, 0.05) is 6.23 Å². The fourth-order valence-electron chi connectivity index (χ4n) is 2.47. The molecule has 0 aliphatic rings. The van der Waals surface area contributed by atoms with Crippen LogP contribution in [0.25, 0.3) is 0 Å². The van der Waals surface area contributed by atoms with E-state index in [9.17, 15) is 13.2 Å². The lowest BCUT2D eigenvalue weighted by Gasteiger charge is -2.41. The average Bonchev–Trinajstić information content (AvgIpc) is 2.50. The molecule has 1 atom stereocenters. The highest BCUT2D eigenvalue weighted by atomic mass is 28.3. The Morgan fingerprint density at radius 1 is 1.21 bits per heavy atom. The molecule has 0 fully saturated rings. The van der Waals surface area contributed by atoms with Crippen LogP contribution in [0.4, 0.5) is 13.2 Å². The van der Waals surface area contributed by atoms with Gasteiger partial charge in [0.15, 0.2) is 5.60 Å². The maximum absolute atomic E-state index is 15.0. The van der Waals surface area contributed by atoms with Crippen LogP contribution < -0.4 is 0 Å². The molecule has 0 aliphatic heterocycles. The molecular weight excluding hydrogens is 333 g/mol. The van der Waals surface area contributed by atoms with Crippen LogP contribution >= 0.6 is 0 Å². The number of allylic oxidation sites excluding steroid dienone is 1. The molecule has 142 valence electrons. The molecule has 0 spiro atoms. The Bertz CT molecular complexity index is 375. The van der Waals surface area contributed by atoms with Crippen molar-refractivity contribution in [3.05, 3.63) is 24.8 Å². The first-order chi connectivity index (χ1) is 11.3. The van der Waals surface area contributed by atoms with E-state index in [0.29, 0.717) is 37.5 Å². The first-order valence-electron chi connectivity index (χ1n) is 8.78. The number of halogens is 3. The van der Waals surface area contributed by atoms with Gasteiger partial charge in [-0.25, -0.2) is 0 Å². The Morgan fingerprint density at radius 2 is 1.88 bits per heavy atom. The third kappa shape index (κ3) is 7.11. The lowest BCUT2D eigenvalue weighted by Crippen LogP contribution is -2.54. The van der Waals surface area contributed by atoms with E-state index in [4.69, 9.17) is 9.47 Å². The summed E-state index contributed by atoms with van der Waals surface area (Å²) in [6.07, 6.45) is 0.808. The van der Waals surface area contributed by atoms with Crippen LogP contribution in [-0.2, 0) is 9.47 Å². The molecule has 0 rings (SSSR count). The first-order valence-corrected chi connectivity index (χ1v) is 11.9. The van der Waals surface area contributed by atoms with Crippen LogP contribution in [0.2, 0.25) is 13.1 Å². The number of unbranched alkanes of at least 4 members (excludes halogenated alkanes) is 1. The van der Waals surface area contributed by atoms with E-state index in [1.807, 2.05) is 20.0 Å². The van der Waals surface area contributed by atoms with Crippen molar-refractivity contribution >= 4 is 8.80 Å². The van der Waals surface area contributed by atoms with Gasteiger partial charge in [-0.2, -0.15) is 8.78 Å². The summed E-state index contributed by atoms with van der Waals surface area (Å²) in [5, 5.41) is 0. The van der Waals surface area contributed by atoms with E-state index in [1.165, 1.54) is 0 Å². The van der Waals surface area contributed by atoms with Gasteiger partial charge < -0.3 is 9.47 Å². The minimum Gasteiger partial charge on any atom is -0.365 e. The van der Waals surface area contributed by atoms with Crippen molar-refractivity contribution in [1.29, 1.82) is 0 Å². The lowest BCUT2D eigenvalue weighted by molar-refractivity contribution is -0.329. The quantitative estimate of drug-likeness (QED) is 0.218. The van der Waals surface area contributed by atoms with Crippen molar-refractivity contribution in [3.63, 3.8) is 0 Å². The molecule has 0 radical (unpaired) electrons. The molecule has 1 unspecified atom stereocenters. The summed E-state index contributed by atoms with van der Waals surface area (Å²) in [4.78, 5) is 0. The fourth-order valence-corrected chi connectivity index (χ4v) is 3.08. The molecule has 6 heteroatoms. The van der Waals surface area contributed by atoms with Crippen molar-refractivity contribution < 1.29 is 22.6 Å². The number of hydrogen-bond acceptors (Lipinski definition) is 2. The molecule has 24 heavy (non-hydrogen) atoms. The van der Waals surface area contributed by atoms with Crippen molar-refractivity contribution in [1.82, 2.24) is 0 Å². The van der Waals surface area contributed by atoms with Gasteiger partial charge in [-0.1, -0.05) is 39.1 Å². The van der Waals surface area contributed by atoms with E-state index >= 15 is 0 Å². The van der Waals surface area contributed by atoms with Gasteiger partial charge in [0.1, 0.15) is 0 Å². The van der Waals surface area contributed by atoms with E-state index in [0.717, 1.165) is 0 Å². The maximum atomic E-state index is 15.0. The summed E-state index contributed by atoms with van der Waals surface area (Å²) in [6.45, 7) is 12.5. The Balaban J connectivity index is 5.55. The Hall–Kier alpha value is -0.593.